The monoisotopic (exact) mass is 280 g/mol. The summed E-state index contributed by atoms with van der Waals surface area (Å²) in [5.74, 6) is 0.296. The fraction of sp³-hybridized carbons (Fsp3) is 0.667. The Labute approximate surface area is 109 Å². The molecule has 96 valence electrons. The van der Waals surface area contributed by atoms with E-state index in [1.807, 2.05) is 0 Å². The molecular weight excluding hydrogens is 267 g/mol. The molecule has 0 radical (unpaired) electrons. The predicted molar refractivity (Wildman–Crippen MR) is 65.5 cm³/mol. The van der Waals surface area contributed by atoms with Gasteiger partial charge in [-0.05, 0) is 18.5 Å². The van der Waals surface area contributed by atoms with Crippen molar-refractivity contribution in [3.05, 3.63) is 10.4 Å². The molecule has 0 aliphatic carbocycles. The molecule has 0 aliphatic rings. The van der Waals surface area contributed by atoms with Crippen molar-refractivity contribution in [1.82, 2.24) is 15.2 Å². The average Bonchev–Trinajstić information content (AvgIpc) is 2.28. The van der Waals surface area contributed by atoms with Crippen LogP contribution in [-0.4, -0.2) is 46.2 Å². The Morgan fingerprint density at radius 1 is 1.41 bits per heavy atom. The lowest BCUT2D eigenvalue weighted by Crippen LogP contribution is -2.35. The van der Waals surface area contributed by atoms with Crippen molar-refractivity contribution in [3.63, 3.8) is 0 Å². The normalized spacial score (nSPS) is 14.4. The molecule has 6 nitrogen and oxygen atoms in total. The Kier molecular flexibility index (Phi) is 5.32. The largest absolute Gasteiger partial charge is 0.388 e. The van der Waals surface area contributed by atoms with Crippen molar-refractivity contribution in [1.29, 1.82) is 0 Å². The molecule has 0 aliphatic heterocycles. The topological polar surface area (TPSA) is 80.2 Å². The van der Waals surface area contributed by atoms with Crippen LogP contribution in [0, 0.1) is 0 Å². The second-order valence-electron chi connectivity index (χ2n) is 3.81. The Morgan fingerprint density at radius 2 is 2.12 bits per heavy atom. The van der Waals surface area contributed by atoms with Crippen LogP contribution in [0.4, 0.5) is 5.82 Å². The van der Waals surface area contributed by atoms with E-state index < -0.39 is 5.60 Å². The third-order valence-electron chi connectivity index (χ3n) is 2.10. The van der Waals surface area contributed by atoms with Gasteiger partial charge in [0.1, 0.15) is 0 Å². The predicted octanol–water partition coefficient (Wildman–Crippen LogP) is 1.38. The molecule has 1 unspecified atom stereocenters. The molecule has 0 aromatic carbocycles. The number of aliphatic hydroxyl groups is 1. The molecule has 17 heavy (non-hydrogen) atoms. The maximum Gasteiger partial charge on any atom is 0.245 e. The zero-order valence-electron chi connectivity index (χ0n) is 9.57. The number of halogens is 2. The summed E-state index contributed by atoms with van der Waals surface area (Å²) in [6, 6.07) is 0. The van der Waals surface area contributed by atoms with Crippen LogP contribution in [0.5, 0.6) is 0 Å². The third kappa shape index (κ3) is 4.99. The summed E-state index contributed by atoms with van der Waals surface area (Å²) >= 11 is 11.4. The second kappa shape index (κ2) is 6.30. The summed E-state index contributed by atoms with van der Waals surface area (Å²) in [7, 11) is 1.58. The number of methoxy groups -OCH3 is 1. The molecule has 8 heteroatoms. The van der Waals surface area contributed by atoms with Crippen LogP contribution in [0.3, 0.4) is 0 Å². The van der Waals surface area contributed by atoms with Gasteiger partial charge in [-0.25, -0.2) is 0 Å². The van der Waals surface area contributed by atoms with Crippen molar-refractivity contribution in [2.24, 2.45) is 0 Å². The van der Waals surface area contributed by atoms with E-state index in [-0.39, 0.29) is 17.0 Å². The van der Waals surface area contributed by atoms with Crippen molar-refractivity contribution in [2.75, 3.05) is 25.6 Å². The fourth-order valence-corrected chi connectivity index (χ4v) is 1.36. The smallest absolute Gasteiger partial charge is 0.245 e. The van der Waals surface area contributed by atoms with Crippen LogP contribution >= 0.6 is 23.2 Å². The van der Waals surface area contributed by atoms with E-state index in [0.717, 1.165) is 0 Å². The maximum atomic E-state index is 9.98. The van der Waals surface area contributed by atoms with Crippen molar-refractivity contribution in [3.8, 4) is 0 Å². The number of aromatic nitrogens is 3. The van der Waals surface area contributed by atoms with E-state index in [1.165, 1.54) is 0 Å². The van der Waals surface area contributed by atoms with E-state index >= 15 is 0 Å². The van der Waals surface area contributed by atoms with E-state index in [2.05, 4.69) is 20.5 Å². The van der Waals surface area contributed by atoms with Gasteiger partial charge in [0, 0.05) is 26.7 Å². The van der Waals surface area contributed by atoms with Gasteiger partial charge in [0.25, 0.3) is 0 Å². The van der Waals surface area contributed by atoms with Crippen LogP contribution in [0.1, 0.15) is 13.3 Å². The Bertz CT molecular complexity index is 376. The van der Waals surface area contributed by atoms with E-state index in [0.29, 0.717) is 18.8 Å². The summed E-state index contributed by atoms with van der Waals surface area (Å²) < 4.78 is 4.90. The van der Waals surface area contributed by atoms with Gasteiger partial charge in [0.2, 0.25) is 5.28 Å². The fourth-order valence-electron chi connectivity index (χ4n) is 1.09. The first-order chi connectivity index (χ1) is 7.94. The number of ether oxygens (including phenoxy) is 1. The lowest BCUT2D eigenvalue weighted by Gasteiger charge is -2.23. The number of hydrogen-bond acceptors (Lipinski definition) is 6. The average molecular weight is 281 g/mol. The van der Waals surface area contributed by atoms with Crippen LogP contribution in [0.2, 0.25) is 10.4 Å². The molecule has 1 atom stereocenters. The first-order valence-corrected chi connectivity index (χ1v) is 5.71. The standard InChI is InChI=1S/C9H14Cl2N4O2/c1-9(16,3-4-17-2)5-12-7-6(10)14-15-8(11)13-7/h16H,3-5H2,1-2H3,(H,12,13,15). The van der Waals surface area contributed by atoms with Crippen molar-refractivity contribution < 1.29 is 9.84 Å². The van der Waals surface area contributed by atoms with Crippen LogP contribution in [0.15, 0.2) is 0 Å². The molecule has 2 N–H and O–H groups in total. The number of rotatable bonds is 6. The first-order valence-electron chi connectivity index (χ1n) is 4.95. The zero-order chi connectivity index (χ0) is 12.9. The lowest BCUT2D eigenvalue weighted by atomic mass is 10.0. The van der Waals surface area contributed by atoms with Gasteiger partial charge < -0.3 is 15.2 Å². The molecule has 0 bridgehead atoms. The SMILES string of the molecule is COCCC(C)(O)CNc1nc(Cl)nnc1Cl. The van der Waals surface area contributed by atoms with Crippen molar-refractivity contribution in [2.45, 2.75) is 18.9 Å². The molecule has 0 amide bonds. The highest BCUT2D eigenvalue weighted by Crippen LogP contribution is 2.18. The quantitative estimate of drug-likeness (QED) is 0.820. The molecule has 0 fully saturated rings. The van der Waals surface area contributed by atoms with Gasteiger partial charge >= 0.3 is 0 Å². The zero-order valence-corrected chi connectivity index (χ0v) is 11.1. The third-order valence-corrected chi connectivity index (χ3v) is 2.52. The molecule has 0 spiro atoms. The van der Waals surface area contributed by atoms with Gasteiger partial charge in [-0.15, -0.1) is 10.2 Å². The highest BCUT2D eigenvalue weighted by molar-refractivity contribution is 6.32. The van der Waals surface area contributed by atoms with Gasteiger partial charge in [-0.1, -0.05) is 11.6 Å². The highest BCUT2D eigenvalue weighted by atomic mass is 35.5. The van der Waals surface area contributed by atoms with E-state index in [4.69, 9.17) is 27.9 Å². The summed E-state index contributed by atoms with van der Waals surface area (Å²) in [5.41, 5.74) is -0.934. The lowest BCUT2D eigenvalue weighted by molar-refractivity contribution is 0.0357. The summed E-state index contributed by atoms with van der Waals surface area (Å²) in [4.78, 5) is 3.86. The van der Waals surface area contributed by atoms with Gasteiger partial charge in [-0.2, -0.15) is 4.98 Å². The highest BCUT2D eigenvalue weighted by Gasteiger charge is 2.20. The van der Waals surface area contributed by atoms with Gasteiger partial charge in [0.05, 0.1) is 5.60 Å². The number of nitrogens with zero attached hydrogens (tertiary/aromatic N) is 3. The molecule has 0 saturated heterocycles. The maximum absolute atomic E-state index is 9.98. The van der Waals surface area contributed by atoms with Crippen molar-refractivity contribution >= 4 is 29.0 Å². The molecule has 0 saturated carbocycles. The van der Waals surface area contributed by atoms with Crippen LogP contribution < -0.4 is 5.32 Å². The van der Waals surface area contributed by atoms with Gasteiger partial charge in [0.15, 0.2) is 11.0 Å². The number of hydrogen-bond donors (Lipinski definition) is 2. The summed E-state index contributed by atoms with van der Waals surface area (Å²) in [6.45, 7) is 2.40. The first kappa shape index (κ1) is 14.4. The van der Waals surface area contributed by atoms with E-state index in [9.17, 15) is 5.11 Å². The molecule has 1 rings (SSSR count). The summed E-state index contributed by atoms with van der Waals surface area (Å²) in [6.07, 6.45) is 0.486. The number of nitrogens with one attached hydrogen (secondary N) is 1. The number of anilines is 1. The Hall–Kier alpha value is -0.690. The molecule has 1 heterocycles. The van der Waals surface area contributed by atoms with Crippen LogP contribution in [-0.2, 0) is 4.74 Å². The Morgan fingerprint density at radius 3 is 2.76 bits per heavy atom. The molecular formula is C9H14Cl2N4O2. The van der Waals surface area contributed by atoms with Gasteiger partial charge in [-0.3, -0.25) is 0 Å². The second-order valence-corrected chi connectivity index (χ2v) is 4.51. The minimum absolute atomic E-state index is 0.00608. The minimum atomic E-state index is -0.934. The van der Waals surface area contributed by atoms with Crippen LogP contribution in [0.25, 0.3) is 0 Å². The molecule has 1 aromatic rings. The Balaban J connectivity index is 2.57. The summed E-state index contributed by atoms with van der Waals surface area (Å²) in [5, 5.41) is 20.0. The van der Waals surface area contributed by atoms with E-state index in [1.54, 1.807) is 14.0 Å². The molecule has 1 aromatic heterocycles. The minimum Gasteiger partial charge on any atom is -0.388 e.